The summed E-state index contributed by atoms with van der Waals surface area (Å²) in [5, 5.41) is 34.4. The minimum absolute atomic E-state index is 0.522. The average molecular weight is 388 g/mol. The maximum Gasteiger partial charge on any atom is 0.323 e. The van der Waals surface area contributed by atoms with Gasteiger partial charge in [0.05, 0.1) is 19.9 Å². The Morgan fingerprint density at radius 1 is 0.778 bits per heavy atom. The molecule has 0 radical (unpaired) electrons. The van der Waals surface area contributed by atoms with Crippen LogP contribution in [0.3, 0.4) is 0 Å². The highest BCUT2D eigenvalue weighted by Crippen LogP contribution is 2.06. The van der Waals surface area contributed by atoms with E-state index < -0.39 is 67.1 Å². The van der Waals surface area contributed by atoms with Gasteiger partial charge in [0.1, 0.15) is 0 Å². The molecule has 2 aliphatic heterocycles. The number of carbonyl (C=O) groups is 6. The molecule has 16 nitrogen and oxygen atoms in total. The zero-order chi connectivity index (χ0) is 20.2. The summed E-state index contributed by atoms with van der Waals surface area (Å²) in [5.74, 6) is -1.97. The lowest BCUT2D eigenvalue weighted by molar-refractivity contribution is -0.126. The third-order valence-electron chi connectivity index (χ3n) is 3.51. The SMILES string of the molecule is O=C(NCNC(=O)N[C@]1(CO)NC(=O)NC1=O)NC1(CO)NC(=O)NC1=O. The van der Waals surface area contributed by atoms with Crippen LogP contribution < -0.4 is 42.5 Å². The quantitative estimate of drug-likeness (QED) is 0.155. The molecular weight excluding hydrogens is 372 g/mol. The van der Waals surface area contributed by atoms with Gasteiger partial charge in [-0.05, 0) is 0 Å². The van der Waals surface area contributed by atoms with Gasteiger partial charge in [-0.1, -0.05) is 0 Å². The zero-order valence-corrected chi connectivity index (χ0v) is 13.5. The maximum atomic E-state index is 11.8. The van der Waals surface area contributed by atoms with Crippen LogP contribution in [0.5, 0.6) is 0 Å². The van der Waals surface area contributed by atoms with Crippen molar-refractivity contribution in [2.75, 3.05) is 19.9 Å². The summed E-state index contributed by atoms with van der Waals surface area (Å²) < 4.78 is 0. The van der Waals surface area contributed by atoms with Crippen molar-refractivity contribution < 1.29 is 39.0 Å². The molecule has 10 N–H and O–H groups in total. The molecular formula is C11H16N8O8. The fraction of sp³-hybridized carbons (Fsp3) is 0.455. The van der Waals surface area contributed by atoms with Gasteiger partial charge < -0.3 is 42.1 Å². The average Bonchev–Trinajstić information content (AvgIpc) is 3.03. The highest BCUT2D eigenvalue weighted by atomic mass is 16.3. The van der Waals surface area contributed by atoms with E-state index in [2.05, 4.69) is 10.6 Å². The Bertz CT molecular complexity index is 654. The number of carbonyl (C=O) groups excluding carboxylic acids is 6. The van der Waals surface area contributed by atoms with E-state index in [4.69, 9.17) is 0 Å². The van der Waals surface area contributed by atoms with E-state index in [9.17, 15) is 39.0 Å². The lowest BCUT2D eigenvalue weighted by Gasteiger charge is -2.26. The van der Waals surface area contributed by atoms with Gasteiger partial charge in [0.25, 0.3) is 11.8 Å². The number of amides is 10. The van der Waals surface area contributed by atoms with Crippen molar-refractivity contribution in [1.82, 2.24) is 42.5 Å². The van der Waals surface area contributed by atoms with Crippen molar-refractivity contribution in [2.45, 2.75) is 11.3 Å². The highest BCUT2D eigenvalue weighted by molar-refractivity contribution is 6.09. The van der Waals surface area contributed by atoms with Crippen molar-refractivity contribution in [2.24, 2.45) is 0 Å². The number of rotatable bonds is 6. The van der Waals surface area contributed by atoms with Gasteiger partial charge in [0.15, 0.2) is 0 Å². The number of nitrogens with one attached hydrogen (secondary N) is 8. The van der Waals surface area contributed by atoms with Crippen LogP contribution in [0.4, 0.5) is 19.2 Å². The molecule has 27 heavy (non-hydrogen) atoms. The van der Waals surface area contributed by atoms with E-state index in [0.29, 0.717) is 0 Å². The van der Waals surface area contributed by atoms with Crippen molar-refractivity contribution in [1.29, 1.82) is 0 Å². The molecule has 0 spiro atoms. The molecule has 0 aromatic rings. The first-order valence-corrected chi connectivity index (χ1v) is 7.27. The Hall–Kier alpha value is -3.66. The molecule has 2 rings (SSSR count). The van der Waals surface area contributed by atoms with Crippen molar-refractivity contribution in [3.63, 3.8) is 0 Å². The lowest BCUT2D eigenvalue weighted by atomic mass is 10.2. The Morgan fingerprint density at radius 3 is 1.41 bits per heavy atom. The smallest absolute Gasteiger partial charge is 0.323 e. The summed E-state index contributed by atoms with van der Waals surface area (Å²) in [6.45, 7) is -2.38. The van der Waals surface area contributed by atoms with Crippen LogP contribution in [0.2, 0.25) is 0 Å². The van der Waals surface area contributed by atoms with Gasteiger partial charge in [0.2, 0.25) is 11.3 Å². The van der Waals surface area contributed by atoms with Gasteiger partial charge in [0, 0.05) is 0 Å². The second-order valence-corrected chi connectivity index (χ2v) is 5.38. The largest absolute Gasteiger partial charge is 0.391 e. The third kappa shape index (κ3) is 3.96. The minimum Gasteiger partial charge on any atom is -0.391 e. The molecule has 1 unspecified atom stereocenters. The summed E-state index contributed by atoms with van der Waals surface area (Å²) in [5.41, 5.74) is -4.12. The Balaban J connectivity index is 1.82. The second kappa shape index (κ2) is 7.30. The molecule has 10 amide bonds. The van der Waals surface area contributed by atoms with Crippen LogP contribution >= 0.6 is 0 Å². The summed E-state index contributed by atoms with van der Waals surface area (Å²) in [4.78, 5) is 68.9. The zero-order valence-electron chi connectivity index (χ0n) is 13.5. The second-order valence-electron chi connectivity index (χ2n) is 5.38. The minimum atomic E-state index is -2.06. The van der Waals surface area contributed by atoms with Crippen LogP contribution in [0.25, 0.3) is 0 Å². The lowest BCUT2D eigenvalue weighted by Crippen LogP contribution is -2.66. The predicted molar refractivity (Wildman–Crippen MR) is 81.2 cm³/mol. The fourth-order valence-electron chi connectivity index (χ4n) is 2.14. The molecule has 16 heteroatoms. The van der Waals surface area contributed by atoms with E-state index in [0.717, 1.165) is 0 Å². The van der Waals surface area contributed by atoms with Crippen LogP contribution in [0, 0.1) is 0 Å². The van der Waals surface area contributed by atoms with Crippen LogP contribution in [-0.2, 0) is 9.59 Å². The summed E-state index contributed by atoms with van der Waals surface area (Å²) >= 11 is 0. The first-order valence-electron chi connectivity index (χ1n) is 7.27. The van der Waals surface area contributed by atoms with Gasteiger partial charge >= 0.3 is 24.1 Å². The number of urea groups is 4. The summed E-state index contributed by atoms with van der Waals surface area (Å²) in [7, 11) is 0. The number of hydrogen-bond acceptors (Lipinski definition) is 8. The molecule has 2 fully saturated rings. The molecule has 0 aliphatic carbocycles. The van der Waals surface area contributed by atoms with Gasteiger partial charge in [-0.25, -0.2) is 19.2 Å². The van der Waals surface area contributed by atoms with Gasteiger partial charge in [-0.15, -0.1) is 0 Å². The van der Waals surface area contributed by atoms with Crippen LogP contribution in [0.1, 0.15) is 0 Å². The monoisotopic (exact) mass is 388 g/mol. The van der Waals surface area contributed by atoms with Gasteiger partial charge in [-0.3, -0.25) is 20.2 Å². The molecule has 0 saturated carbocycles. The topological polar surface area (TPSA) is 239 Å². The van der Waals surface area contributed by atoms with Crippen LogP contribution in [-0.4, -0.2) is 77.4 Å². The first-order chi connectivity index (χ1) is 12.7. The Labute approximate surface area is 149 Å². The molecule has 0 bridgehead atoms. The highest BCUT2D eigenvalue weighted by Gasteiger charge is 2.48. The van der Waals surface area contributed by atoms with E-state index in [-0.39, 0.29) is 0 Å². The number of hydrogen-bond donors (Lipinski definition) is 10. The molecule has 0 aromatic heterocycles. The number of imide groups is 2. The third-order valence-corrected chi connectivity index (χ3v) is 3.51. The molecule has 2 heterocycles. The van der Waals surface area contributed by atoms with E-state index in [1.54, 1.807) is 0 Å². The Morgan fingerprint density at radius 2 is 1.15 bits per heavy atom. The number of aliphatic hydroxyl groups excluding tert-OH is 2. The van der Waals surface area contributed by atoms with Gasteiger partial charge in [-0.2, -0.15) is 0 Å². The summed E-state index contributed by atoms with van der Waals surface area (Å²) in [6, 6.07) is -3.91. The van der Waals surface area contributed by atoms with E-state index in [1.165, 1.54) is 0 Å². The van der Waals surface area contributed by atoms with E-state index in [1.807, 2.05) is 31.9 Å². The van der Waals surface area contributed by atoms with Crippen molar-refractivity contribution in [3.8, 4) is 0 Å². The first kappa shape index (κ1) is 19.7. The standard InChI is InChI=1S/C11H16N8O8/c20-1-10(4(22)14-8(26)18-10)16-6(24)12-3-13-7(25)17-11(2-21)5(23)15-9(27)19-11/h20-21H,1-3H2,(H2,12,16,24)(H2,13,17,25)(H2,14,18,22,26)(H2,15,19,23,27)/t10-,11?/m1/s1. The predicted octanol–water partition coefficient (Wildman–Crippen LogP) is -5.40. The normalized spacial score (nSPS) is 26.4. The fourth-order valence-corrected chi connectivity index (χ4v) is 2.14. The summed E-state index contributed by atoms with van der Waals surface area (Å²) in [6.07, 6.45) is 0. The Kier molecular flexibility index (Phi) is 5.31. The van der Waals surface area contributed by atoms with Crippen molar-refractivity contribution >= 4 is 35.9 Å². The number of aliphatic hydroxyl groups is 2. The molecule has 2 atom stereocenters. The molecule has 0 aromatic carbocycles. The van der Waals surface area contributed by atoms with Crippen molar-refractivity contribution in [3.05, 3.63) is 0 Å². The molecule has 148 valence electrons. The molecule has 2 aliphatic rings. The molecule has 2 saturated heterocycles. The maximum absolute atomic E-state index is 11.8. The van der Waals surface area contributed by atoms with Crippen LogP contribution in [0.15, 0.2) is 0 Å². The van der Waals surface area contributed by atoms with E-state index >= 15 is 0 Å².